The Balaban J connectivity index is 3.89. The Morgan fingerprint density at radius 1 is 1.05 bits per heavy atom. The monoisotopic (exact) mass is 340 g/mol. The highest BCUT2D eigenvalue weighted by Gasteiger charge is 2.43. The zero-order valence-corrected chi connectivity index (χ0v) is 11.3. The number of halogens is 7. The van der Waals surface area contributed by atoms with Crippen LogP contribution in [0, 0.1) is 0 Å². The first-order valence-electron chi connectivity index (χ1n) is 5.05. The van der Waals surface area contributed by atoms with Gasteiger partial charge in [0.1, 0.15) is 0 Å². The van der Waals surface area contributed by atoms with Crippen LogP contribution in [0.3, 0.4) is 0 Å². The number of benzene rings is 1. The molecule has 0 atom stereocenters. The maximum atomic E-state index is 12.9. The van der Waals surface area contributed by atoms with E-state index in [-0.39, 0.29) is 12.1 Å². The van der Waals surface area contributed by atoms with Gasteiger partial charge in [-0.25, -0.2) is 8.42 Å². The van der Waals surface area contributed by atoms with Gasteiger partial charge >= 0.3 is 12.4 Å². The fraction of sp³-hybridized carbons (Fsp3) is 0.400. The molecule has 0 unspecified atom stereocenters. The molecule has 0 fully saturated rings. The summed E-state index contributed by atoms with van der Waals surface area (Å²) >= 11 is 0. The van der Waals surface area contributed by atoms with Crippen LogP contribution >= 0.6 is 10.7 Å². The van der Waals surface area contributed by atoms with Gasteiger partial charge in [0.25, 0.3) is 9.05 Å². The van der Waals surface area contributed by atoms with Crippen molar-refractivity contribution in [2.45, 2.75) is 30.6 Å². The van der Waals surface area contributed by atoms with Gasteiger partial charge in [0.15, 0.2) is 0 Å². The zero-order valence-electron chi connectivity index (χ0n) is 9.73. The smallest absolute Gasteiger partial charge is 0.207 e. The first kappa shape index (κ1) is 17.1. The summed E-state index contributed by atoms with van der Waals surface area (Å²) in [6.07, 6.45) is -11.0. The van der Waals surface area contributed by atoms with Gasteiger partial charge in [-0.2, -0.15) is 26.3 Å². The minimum absolute atomic E-state index is 0.215. The molecule has 1 rings (SSSR count). The van der Waals surface area contributed by atoms with Crippen molar-refractivity contribution in [2.24, 2.45) is 0 Å². The van der Waals surface area contributed by atoms with E-state index in [1.54, 1.807) is 0 Å². The van der Waals surface area contributed by atoms with Gasteiger partial charge in [-0.05, 0) is 24.1 Å². The Morgan fingerprint density at radius 2 is 1.55 bits per heavy atom. The molecule has 10 heteroatoms. The van der Waals surface area contributed by atoms with E-state index in [0.29, 0.717) is 0 Å². The van der Waals surface area contributed by atoms with Gasteiger partial charge in [-0.1, -0.05) is 6.92 Å². The molecule has 1 aromatic rings. The van der Waals surface area contributed by atoms with E-state index in [0.717, 1.165) is 6.92 Å². The predicted octanol–water partition coefficient (Wildman–Crippen LogP) is 4.21. The van der Waals surface area contributed by atoms with Gasteiger partial charge in [0.2, 0.25) is 0 Å². The summed E-state index contributed by atoms with van der Waals surface area (Å²) < 4.78 is 99.0. The van der Waals surface area contributed by atoms with Crippen molar-refractivity contribution in [1.82, 2.24) is 0 Å². The molecule has 0 aliphatic heterocycles. The second-order valence-electron chi connectivity index (χ2n) is 3.75. The number of hydrogen-bond donors (Lipinski definition) is 0. The highest BCUT2D eigenvalue weighted by Crippen LogP contribution is 2.43. The van der Waals surface area contributed by atoms with Crippen LogP contribution in [-0.2, 0) is 27.8 Å². The SMILES string of the molecule is CCc1c(C(F)(F)F)ccc(S(=O)(=O)Cl)c1C(F)(F)F. The van der Waals surface area contributed by atoms with Crippen LogP contribution in [0.15, 0.2) is 17.0 Å². The molecule has 0 radical (unpaired) electrons. The van der Waals surface area contributed by atoms with Crippen molar-refractivity contribution < 1.29 is 34.8 Å². The normalized spacial score (nSPS) is 13.6. The Bertz CT molecular complexity index is 618. The van der Waals surface area contributed by atoms with Crippen molar-refractivity contribution in [2.75, 3.05) is 0 Å². The maximum absolute atomic E-state index is 12.9. The van der Waals surface area contributed by atoms with Gasteiger partial charge in [-0.3, -0.25) is 0 Å². The molecule has 0 N–H and O–H groups in total. The molecule has 2 nitrogen and oxygen atoms in total. The quantitative estimate of drug-likeness (QED) is 0.597. The maximum Gasteiger partial charge on any atom is 0.417 e. The second kappa shape index (κ2) is 5.10. The number of hydrogen-bond acceptors (Lipinski definition) is 2. The average Bonchev–Trinajstić information content (AvgIpc) is 2.23. The predicted molar refractivity (Wildman–Crippen MR) is 58.9 cm³/mol. The molecule has 0 amide bonds. The van der Waals surface area contributed by atoms with Crippen LogP contribution in [0.25, 0.3) is 0 Å². The van der Waals surface area contributed by atoms with E-state index in [2.05, 4.69) is 0 Å². The lowest BCUT2D eigenvalue weighted by Gasteiger charge is -2.19. The lowest BCUT2D eigenvalue weighted by Crippen LogP contribution is -2.19. The van der Waals surface area contributed by atoms with Crippen molar-refractivity contribution >= 4 is 19.7 Å². The Labute approximate surface area is 114 Å². The second-order valence-corrected chi connectivity index (χ2v) is 6.29. The lowest BCUT2D eigenvalue weighted by atomic mass is 9.98. The molecule has 114 valence electrons. The number of rotatable bonds is 2. The summed E-state index contributed by atoms with van der Waals surface area (Å²) in [5.74, 6) is 0. The minimum Gasteiger partial charge on any atom is -0.207 e. The Kier molecular flexibility index (Phi) is 4.36. The zero-order chi connectivity index (χ0) is 15.9. The van der Waals surface area contributed by atoms with E-state index in [9.17, 15) is 34.8 Å². The van der Waals surface area contributed by atoms with Crippen LogP contribution in [0.5, 0.6) is 0 Å². The summed E-state index contributed by atoms with van der Waals surface area (Å²) in [7, 11) is 0.0297. The van der Waals surface area contributed by atoms with Crippen molar-refractivity contribution in [3.05, 3.63) is 28.8 Å². The Hall–Kier alpha value is -0.960. The van der Waals surface area contributed by atoms with Crippen molar-refractivity contribution in [1.29, 1.82) is 0 Å². The summed E-state index contributed by atoms with van der Waals surface area (Å²) in [5, 5.41) is 0. The minimum atomic E-state index is -5.27. The molecule has 0 spiro atoms. The van der Waals surface area contributed by atoms with Crippen LogP contribution in [0.2, 0.25) is 0 Å². The van der Waals surface area contributed by atoms with E-state index >= 15 is 0 Å². The molecule has 0 aliphatic rings. The molecule has 0 saturated heterocycles. The summed E-state index contributed by atoms with van der Waals surface area (Å²) in [4.78, 5) is -1.38. The molecule has 0 aromatic heterocycles. The first-order valence-corrected chi connectivity index (χ1v) is 7.36. The van der Waals surface area contributed by atoms with Crippen molar-refractivity contribution in [3.8, 4) is 0 Å². The third-order valence-corrected chi connectivity index (χ3v) is 3.84. The molecule has 1 aromatic carbocycles. The van der Waals surface area contributed by atoms with E-state index in [1.807, 2.05) is 0 Å². The summed E-state index contributed by atoms with van der Waals surface area (Å²) in [5.41, 5.74) is -4.55. The fourth-order valence-electron chi connectivity index (χ4n) is 1.77. The molecule has 0 heterocycles. The third kappa shape index (κ3) is 3.38. The van der Waals surface area contributed by atoms with E-state index < -0.39 is 49.4 Å². The molecule has 0 saturated carbocycles. The number of alkyl halides is 6. The van der Waals surface area contributed by atoms with E-state index in [4.69, 9.17) is 10.7 Å². The first-order chi connectivity index (χ1) is 8.80. The standard InChI is InChI=1S/C10H7ClF6O2S/c1-2-5-6(9(12,13)14)3-4-7(20(11,18)19)8(5)10(15,16)17/h3-4H,2H2,1H3. The largest absolute Gasteiger partial charge is 0.417 e. The average molecular weight is 341 g/mol. The van der Waals surface area contributed by atoms with Gasteiger partial charge < -0.3 is 0 Å². The van der Waals surface area contributed by atoms with Crippen LogP contribution in [0.4, 0.5) is 26.3 Å². The highest BCUT2D eigenvalue weighted by atomic mass is 35.7. The van der Waals surface area contributed by atoms with Crippen molar-refractivity contribution in [3.63, 3.8) is 0 Å². The Morgan fingerprint density at radius 3 is 1.85 bits per heavy atom. The molecule has 0 aliphatic carbocycles. The highest BCUT2D eigenvalue weighted by molar-refractivity contribution is 8.13. The van der Waals surface area contributed by atoms with Gasteiger partial charge in [-0.15, -0.1) is 0 Å². The molecular weight excluding hydrogens is 334 g/mol. The van der Waals surface area contributed by atoms with Crippen LogP contribution < -0.4 is 0 Å². The van der Waals surface area contributed by atoms with Crippen LogP contribution in [-0.4, -0.2) is 8.42 Å². The third-order valence-electron chi connectivity index (χ3n) is 2.48. The summed E-state index contributed by atoms with van der Waals surface area (Å²) in [6, 6.07) is 0.497. The molecule has 20 heavy (non-hydrogen) atoms. The fourth-order valence-corrected chi connectivity index (χ4v) is 2.87. The molecule has 0 bridgehead atoms. The molecular formula is C10H7ClF6O2S. The van der Waals surface area contributed by atoms with Crippen LogP contribution in [0.1, 0.15) is 23.6 Å². The van der Waals surface area contributed by atoms with Gasteiger partial charge in [0.05, 0.1) is 16.0 Å². The summed E-state index contributed by atoms with van der Waals surface area (Å²) in [6.45, 7) is 1.06. The van der Waals surface area contributed by atoms with Gasteiger partial charge in [0, 0.05) is 10.7 Å². The van der Waals surface area contributed by atoms with E-state index in [1.165, 1.54) is 0 Å². The topological polar surface area (TPSA) is 34.1 Å². The lowest BCUT2D eigenvalue weighted by molar-refractivity contribution is -0.145.